The Bertz CT molecular complexity index is 511. The van der Waals surface area contributed by atoms with Gasteiger partial charge >= 0.3 is 0 Å². The van der Waals surface area contributed by atoms with Gasteiger partial charge in [-0.2, -0.15) is 5.26 Å². The first kappa shape index (κ1) is 13.9. The molecule has 0 aliphatic carbocycles. The Morgan fingerprint density at radius 2 is 2.17 bits per heavy atom. The van der Waals surface area contributed by atoms with Crippen LogP contribution >= 0.6 is 0 Å². The third-order valence-electron chi connectivity index (χ3n) is 2.70. The smallest absolute Gasteiger partial charge is 0.259 e. The van der Waals surface area contributed by atoms with Crippen molar-refractivity contribution in [2.24, 2.45) is 0 Å². The summed E-state index contributed by atoms with van der Waals surface area (Å²) in [5, 5.41) is 8.54. The lowest BCUT2D eigenvalue weighted by atomic mass is 10.1. The van der Waals surface area contributed by atoms with Crippen LogP contribution in [0.15, 0.2) is 12.1 Å². The standard InChI is InChI=1S/C12H13F2N3O/c1-7(5-6-15)17(2)12(18)10-8(13)3-4-9(16)11(10)14/h3-4,7H,5,16H2,1-2H3. The number of hydrogen-bond donors (Lipinski definition) is 1. The van der Waals surface area contributed by atoms with E-state index in [9.17, 15) is 13.6 Å². The SMILES string of the molecule is CC(CC#N)N(C)C(=O)c1c(F)ccc(N)c1F. The maximum Gasteiger partial charge on any atom is 0.259 e. The normalized spacial score (nSPS) is 11.7. The molecule has 0 aliphatic heterocycles. The zero-order chi connectivity index (χ0) is 13.9. The maximum atomic E-state index is 13.6. The molecular formula is C12H13F2N3O. The lowest BCUT2D eigenvalue weighted by Crippen LogP contribution is -2.36. The Hall–Kier alpha value is -2.16. The summed E-state index contributed by atoms with van der Waals surface area (Å²) < 4.78 is 27.1. The van der Waals surface area contributed by atoms with Crippen molar-refractivity contribution in [3.63, 3.8) is 0 Å². The van der Waals surface area contributed by atoms with Crippen molar-refractivity contribution in [1.82, 2.24) is 4.90 Å². The summed E-state index contributed by atoms with van der Waals surface area (Å²) in [6.07, 6.45) is 0.0772. The molecule has 1 aromatic carbocycles. The van der Waals surface area contributed by atoms with Gasteiger partial charge in [-0.1, -0.05) is 0 Å². The molecule has 0 saturated heterocycles. The van der Waals surface area contributed by atoms with E-state index in [-0.39, 0.29) is 12.1 Å². The second kappa shape index (κ2) is 5.45. The van der Waals surface area contributed by atoms with Crippen LogP contribution in [-0.2, 0) is 0 Å². The summed E-state index contributed by atoms with van der Waals surface area (Å²) in [5.41, 5.74) is 4.31. The molecule has 0 aliphatic rings. The maximum absolute atomic E-state index is 13.6. The highest BCUT2D eigenvalue weighted by atomic mass is 19.1. The Labute approximate surface area is 104 Å². The zero-order valence-corrected chi connectivity index (χ0v) is 10.1. The van der Waals surface area contributed by atoms with E-state index in [1.54, 1.807) is 6.92 Å². The number of nitrogens with two attached hydrogens (primary N) is 1. The molecule has 6 heteroatoms. The second-order valence-corrected chi connectivity index (χ2v) is 3.95. The molecule has 1 amide bonds. The van der Waals surface area contributed by atoms with Crippen LogP contribution in [0.3, 0.4) is 0 Å². The Kier molecular flexibility index (Phi) is 4.21. The third kappa shape index (κ3) is 2.56. The fourth-order valence-electron chi connectivity index (χ4n) is 1.41. The quantitative estimate of drug-likeness (QED) is 0.836. The van der Waals surface area contributed by atoms with Crippen molar-refractivity contribution in [3.8, 4) is 6.07 Å². The van der Waals surface area contributed by atoms with Gasteiger partial charge in [-0.25, -0.2) is 8.78 Å². The van der Waals surface area contributed by atoms with Crippen molar-refractivity contribution in [2.75, 3.05) is 12.8 Å². The van der Waals surface area contributed by atoms with Crippen LogP contribution < -0.4 is 5.73 Å². The van der Waals surface area contributed by atoms with Gasteiger partial charge in [-0.3, -0.25) is 4.79 Å². The van der Waals surface area contributed by atoms with E-state index in [2.05, 4.69) is 0 Å². The van der Waals surface area contributed by atoms with Crippen molar-refractivity contribution in [1.29, 1.82) is 5.26 Å². The van der Waals surface area contributed by atoms with Crippen molar-refractivity contribution in [2.45, 2.75) is 19.4 Å². The first-order chi connectivity index (χ1) is 8.40. The number of nitrogen functional groups attached to an aromatic ring is 1. The highest BCUT2D eigenvalue weighted by Gasteiger charge is 2.25. The summed E-state index contributed by atoms with van der Waals surface area (Å²) in [4.78, 5) is 13.1. The van der Waals surface area contributed by atoms with Gasteiger partial charge < -0.3 is 10.6 Å². The summed E-state index contributed by atoms with van der Waals surface area (Å²) in [7, 11) is 1.38. The van der Waals surface area contributed by atoms with Gasteiger partial charge in [0.1, 0.15) is 11.4 Å². The zero-order valence-electron chi connectivity index (χ0n) is 10.1. The fourth-order valence-corrected chi connectivity index (χ4v) is 1.41. The van der Waals surface area contributed by atoms with Gasteiger partial charge in [0.05, 0.1) is 18.2 Å². The lowest BCUT2D eigenvalue weighted by molar-refractivity contribution is 0.0736. The van der Waals surface area contributed by atoms with Crippen LogP contribution in [0.2, 0.25) is 0 Å². The van der Waals surface area contributed by atoms with Crippen molar-refractivity contribution in [3.05, 3.63) is 29.3 Å². The number of carbonyl (C=O) groups excluding carboxylic acids is 1. The molecule has 1 unspecified atom stereocenters. The second-order valence-electron chi connectivity index (χ2n) is 3.95. The monoisotopic (exact) mass is 253 g/mol. The molecule has 18 heavy (non-hydrogen) atoms. The number of carbonyl (C=O) groups is 1. The van der Waals surface area contributed by atoms with Crippen molar-refractivity contribution < 1.29 is 13.6 Å². The Balaban J connectivity index is 3.12. The predicted molar refractivity (Wildman–Crippen MR) is 62.6 cm³/mol. The molecule has 1 aromatic rings. The Morgan fingerprint density at radius 3 is 2.72 bits per heavy atom. The van der Waals surface area contributed by atoms with E-state index in [0.29, 0.717) is 0 Å². The molecule has 0 heterocycles. The average Bonchev–Trinajstić information content (AvgIpc) is 2.33. The van der Waals surface area contributed by atoms with Gasteiger partial charge in [0, 0.05) is 13.1 Å². The number of halogens is 2. The predicted octanol–water partition coefficient (Wildman–Crippen LogP) is 1.92. The minimum Gasteiger partial charge on any atom is -0.396 e. The first-order valence-corrected chi connectivity index (χ1v) is 5.27. The highest BCUT2D eigenvalue weighted by molar-refractivity contribution is 5.95. The lowest BCUT2D eigenvalue weighted by Gasteiger charge is -2.23. The van der Waals surface area contributed by atoms with E-state index >= 15 is 0 Å². The number of rotatable bonds is 3. The first-order valence-electron chi connectivity index (χ1n) is 5.27. The van der Waals surface area contributed by atoms with E-state index in [1.807, 2.05) is 6.07 Å². The minimum atomic E-state index is -1.07. The molecule has 4 nitrogen and oxygen atoms in total. The van der Waals surface area contributed by atoms with E-state index in [4.69, 9.17) is 11.0 Å². The van der Waals surface area contributed by atoms with Crippen molar-refractivity contribution >= 4 is 11.6 Å². The van der Waals surface area contributed by atoms with E-state index in [0.717, 1.165) is 17.0 Å². The molecule has 2 N–H and O–H groups in total. The Morgan fingerprint density at radius 1 is 1.56 bits per heavy atom. The number of nitrogens with zero attached hydrogens (tertiary/aromatic N) is 2. The highest BCUT2D eigenvalue weighted by Crippen LogP contribution is 2.21. The molecule has 0 radical (unpaired) electrons. The van der Waals surface area contributed by atoms with Gasteiger partial charge in [0.2, 0.25) is 0 Å². The minimum absolute atomic E-state index is 0.0772. The van der Waals surface area contributed by atoms with Gasteiger partial charge in [-0.15, -0.1) is 0 Å². The van der Waals surface area contributed by atoms with Crippen LogP contribution in [0.4, 0.5) is 14.5 Å². The van der Waals surface area contributed by atoms with Crippen LogP contribution in [0.5, 0.6) is 0 Å². The number of nitriles is 1. The molecule has 1 rings (SSSR count). The average molecular weight is 253 g/mol. The molecular weight excluding hydrogens is 240 g/mol. The summed E-state index contributed by atoms with van der Waals surface area (Å²) in [6, 6.07) is 3.44. The topological polar surface area (TPSA) is 70.1 Å². The molecule has 0 saturated carbocycles. The number of anilines is 1. The van der Waals surface area contributed by atoms with E-state index in [1.165, 1.54) is 7.05 Å². The number of hydrogen-bond acceptors (Lipinski definition) is 3. The van der Waals surface area contributed by atoms with Crippen LogP contribution in [0, 0.1) is 23.0 Å². The van der Waals surface area contributed by atoms with Crippen LogP contribution in [0.25, 0.3) is 0 Å². The molecule has 96 valence electrons. The number of benzene rings is 1. The van der Waals surface area contributed by atoms with Gasteiger partial charge in [-0.05, 0) is 19.1 Å². The van der Waals surface area contributed by atoms with Gasteiger partial charge in [0.15, 0.2) is 5.82 Å². The third-order valence-corrected chi connectivity index (χ3v) is 2.70. The molecule has 0 bridgehead atoms. The summed E-state index contributed by atoms with van der Waals surface area (Å²) in [6.45, 7) is 1.61. The number of amides is 1. The fraction of sp³-hybridized carbons (Fsp3) is 0.333. The summed E-state index contributed by atoms with van der Waals surface area (Å²) >= 11 is 0. The molecule has 1 atom stereocenters. The van der Waals surface area contributed by atoms with E-state index < -0.39 is 29.1 Å². The van der Waals surface area contributed by atoms with Crippen LogP contribution in [-0.4, -0.2) is 23.9 Å². The molecule has 0 spiro atoms. The molecule has 0 aromatic heterocycles. The van der Waals surface area contributed by atoms with Crippen LogP contribution in [0.1, 0.15) is 23.7 Å². The molecule has 0 fully saturated rings. The largest absolute Gasteiger partial charge is 0.396 e. The van der Waals surface area contributed by atoms with Gasteiger partial charge in [0.25, 0.3) is 5.91 Å². The summed E-state index contributed by atoms with van der Waals surface area (Å²) in [5.74, 6) is -2.88.